The van der Waals surface area contributed by atoms with Crippen molar-refractivity contribution in [2.45, 2.75) is 58.0 Å². The van der Waals surface area contributed by atoms with Gasteiger partial charge < -0.3 is 10.1 Å². The molecular weight excluding hydrogens is 252 g/mol. The first-order valence-corrected chi connectivity index (χ1v) is 7.62. The Balaban J connectivity index is 1.83. The molecular formula is C16H22N2O2. The van der Waals surface area contributed by atoms with Gasteiger partial charge in [0.1, 0.15) is 0 Å². The number of ether oxygens (including phenoxy) is 1. The fourth-order valence-corrected chi connectivity index (χ4v) is 3.08. The molecule has 1 aliphatic carbocycles. The Kier molecular flexibility index (Phi) is 3.64. The van der Waals surface area contributed by atoms with E-state index in [-0.39, 0.29) is 12.0 Å². The van der Waals surface area contributed by atoms with E-state index in [1.54, 1.807) is 0 Å². The lowest BCUT2D eigenvalue weighted by atomic mass is 9.84. The zero-order valence-corrected chi connectivity index (χ0v) is 12.2. The maximum absolute atomic E-state index is 12.2. The molecule has 20 heavy (non-hydrogen) atoms. The van der Waals surface area contributed by atoms with E-state index in [0.717, 1.165) is 24.2 Å². The number of rotatable bonds is 2. The number of carbonyl (C=O) groups is 1. The third-order valence-corrected chi connectivity index (χ3v) is 4.37. The van der Waals surface area contributed by atoms with Crippen molar-refractivity contribution >= 4 is 11.7 Å². The third-order valence-electron chi connectivity index (χ3n) is 4.37. The van der Waals surface area contributed by atoms with Crippen LogP contribution in [0.4, 0.5) is 5.82 Å². The number of carbonyl (C=O) groups excluding carboxylic acids is 1. The number of hydrogen-bond acceptors (Lipinski definition) is 3. The van der Waals surface area contributed by atoms with Crippen molar-refractivity contribution in [3.63, 3.8) is 0 Å². The number of pyridine rings is 1. The highest BCUT2D eigenvalue weighted by Gasteiger charge is 2.35. The minimum Gasteiger partial charge on any atom is -0.476 e. The summed E-state index contributed by atoms with van der Waals surface area (Å²) in [6.45, 7) is 4.26. The topological polar surface area (TPSA) is 51.2 Å². The predicted octanol–water partition coefficient (Wildman–Crippen LogP) is 3.48. The van der Waals surface area contributed by atoms with Crippen molar-refractivity contribution in [3.05, 3.63) is 17.8 Å². The van der Waals surface area contributed by atoms with Gasteiger partial charge in [-0.25, -0.2) is 4.98 Å². The number of amides is 1. The second-order valence-electron chi connectivity index (χ2n) is 6.20. The van der Waals surface area contributed by atoms with E-state index in [4.69, 9.17) is 4.74 Å². The summed E-state index contributed by atoms with van der Waals surface area (Å²) >= 11 is 0. The van der Waals surface area contributed by atoms with E-state index in [2.05, 4.69) is 24.1 Å². The van der Waals surface area contributed by atoms with Crippen LogP contribution in [0, 0.1) is 5.92 Å². The van der Waals surface area contributed by atoms with Crippen LogP contribution in [0.5, 0.6) is 5.75 Å². The highest BCUT2D eigenvalue weighted by molar-refractivity contribution is 5.96. The highest BCUT2D eigenvalue weighted by atomic mass is 16.5. The minimum atomic E-state index is -0.341. The van der Waals surface area contributed by atoms with Gasteiger partial charge in [0.05, 0.1) is 0 Å². The molecule has 1 atom stereocenters. The van der Waals surface area contributed by atoms with Gasteiger partial charge in [-0.3, -0.25) is 4.79 Å². The summed E-state index contributed by atoms with van der Waals surface area (Å²) in [7, 11) is 0. The average molecular weight is 274 g/mol. The molecule has 0 aromatic carbocycles. The molecule has 1 fully saturated rings. The quantitative estimate of drug-likeness (QED) is 0.898. The summed E-state index contributed by atoms with van der Waals surface area (Å²) in [5, 5.41) is 2.90. The van der Waals surface area contributed by atoms with Crippen LogP contribution in [0.1, 0.15) is 57.4 Å². The van der Waals surface area contributed by atoms with Gasteiger partial charge in [0.15, 0.2) is 17.7 Å². The predicted molar refractivity (Wildman–Crippen MR) is 77.9 cm³/mol. The Labute approximate surface area is 119 Å². The second-order valence-corrected chi connectivity index (χ2v) is 6.20. The maximum Gasteiger partial charge on any atom is 0.266 e. The molecule has 0 radical (unpaired) electrons. The zero-order chi connectivity index (χ0) is 14.1. The van der Waals surface area contributed by atoms with Gasteiger partial charge in [0, 0.05) is 12.1 Å². The zero-order valence-electron chi connectivity index (χ0n) is 12.2. The van der Waals surface area contributed by atoms with Gasteiger partial charge in [-0.05, 0) is 30.4 Å². The summed E-state index contributed by atoms with van der Waals surface area (Å²) in [6, 6.07) is 2.02. The summed E-state index contributed by atoms with van der Waals surface area (Å²) in [5.74, 6) is 2.01. The monoisotopic (exact) mass is 274 g/mol. The van der Waals surface area contributed by atoms with Gasteiger partial charge in [-0.2, -0.15) is 0 Å². The molecule has 4 nitrogen and oxygen atoms in total. The lowest BCUT2D eigenvalue weighted by Crippen LogP contribution is -2.43. The largest absolute Gasteiger partial charge is 0.476 e. The standard InChI is InChI=1S/C16H22N2O2/c1-10(2)12-8-13-15(17-9-12)18-16(19)14(20-13)11-6-4-3-5-7-11/h8-11,14H,3-7H2,1-2H3,(H,17,18,19). The fourth-order valence-electron chi connectivity index (χ4n) is 3.08. The van der Waals surface area contributed by atoms with Crippen molar-refractivity contribution < 1.29 is 9.53 Å². The number of anilines is 1. The van der Waals surface area contributed by atoms with E-state index in [0.29, 0.717) is 17.7 Å². The average Bonchev–Trinajstić information content (AvgIpc) is 2.47. The first kappa shape index (κ1) is 13.4. The van der Waals surface area contributed by atoms with Crippen LogP contribution in [0.3, 0.4) is 0 Å². The van der Waals surface area contributed by atoms with Crippen LogP contribution >= 0.6 is 0 Å². The number of fused-ring (bicyclic) bond motifs is 1. The number of hydrogen-bond donors (Lipinski definition) is 1. The Bertz CT molecular complexity index is 507. The Morgan fingerprint density at radius 1 is 1.30 bits per heavy atom. The van der Waals surface area contributed by atoms with E-state index >= 15 is 0 Å². The molecule has 1 aliphatic heterocycles. The van der Waals surface area contributed by atoms with Crippen molar-refractivity contribution in [2.24, 2.45) is 5.92 Å². The highest BCUT2D eigenvalue weighted by Crippen LogP contribution is 2.36. The third kappa shape index (κ3) is 2.51. The molecule has 0 saturated heterocycles. The lowest BCUT2D eigenvalue weighted by molar-refractivity contribution is -0.126. The Morgan fingerprint density at radius 3 is 2.75 bits per heavy atom. The first-order chi connectivity index (χ1) is 9.65. The van der Waals surface area contributed by atoms with Crippen LogP contribution in [0.15, 0.2) is 12.3 Å². The second kappa shape index (κ2) is 5.43. The van der Waals surface area contributed by atoms with E-state index in [9.17, 15) is 4.79 Å². The normalized spacial score (nSPS) is 23.1. The Morgan fingerprint density at radius 2 is 2.05 bits per heavy atom. The molecule has 1 aromatic rings. The summed E-state index contributed by atoms with van der Waals surface area (Å²) in [6.07, 6.45) is 7.33. The minimum absolute atomic E-state index is 0.0332. The van der Waals surface area contributed by atoms with Gasteiger partial charge in [-0.1, -0.05) is 33.1 Å². The lowest BCUT2D eigenvalue weighted by Gasteiger charge is -2.33. The van der Waals surface area contributed by atoms with Crippen molar-refractivity contribution in [3.8, 4) is 5.75 Å². The summed E-state index contributed by atoms with van der Waals surface area (Å²) < 4.78 is 6.00. The number of nitrogens with zero attached hydrogens (tertiary/aromatic N) is 1. The van der Waals surface area contributed by atoms with Crippen LogP contribution in [0.2, 0.25) is 0 Å². The van der Waals surface area contributed by atoms with Gasteiger partial charge in [0.2, 0.25) is 0 Å². The molecule has 4 heteroatoms. The molecule has 1 unspecified atom stereocenters. The van der Waals surface area contributed by atoms with Gasteiger partial charge in [0.25, 0.3) is 5.91 Å². The first-order valence-electron chi connectivity index (χ1n) is 7.62. The molecule has 0 bridgehead atoms. The number of aromatic nitrogens is 1. The molecule has 2 heterocycles. The van der Waals surface area contributed by atoms with Crippen molar-refractivity contribution in [2.75, 3.05) is 5.32 Å². The van der Waals surface area contributed by atoms with Gasteiger partial charge in [-0.15, -0.1) is 0 Å². The molecule has 1 aromatic heterocycles. The Hall–Kier alpha value is -1.58. The molecule has 1 N–H and O–H groups in total. The SMILES string of the molecule is CC(C)c1cnc2c(c1)OC(C1CCCCC1)C(=O)N2. The van der Waals surface area contributed by atoms with E-state index < -0.39 is 0 Å². The van der Waals surface area contributed by atoms with Crippen LogP contribution in [0.25, 0.3) is 0 Å². The molecule has 1 saturated carbocycles. The molecule has 0 spiro atoms. The van der Waals surface area contributed by atoms with E-state index in [1.807, 2.05) is 12.3 Å². The van der Waals surface area contributed by atoms with Crippen LogP contribution in [-0.2, 0) is 4.79 Å². The van der Waals surface area contributed by atoms with E-state index in [1.165, 1.54) is 19.3 Å². The van der Waals surface area contributed by atoms with Crippen LogP contribution in [-0.4, -0.2) is 17.0 Å². The fraction of sp³-hybridized carbons (Fsp3) is 0.625. The molecule has 2 aliphatic rings. The summed E-state index contributed by atoms with van der Waals surface area (Å²) in [4.78, 5) is 16.5. The van der Waals surface area contributed by atoms with Crippen molar-refractivity contribution in [1.29, 1.82) is 0 Å². The molecule has 3 rings (SSSR count). The molecule has 1 amide bonds. The van der Waals surface area contributed by atoms with Crippen LogP contribution < -0.4 is 10.1 Å². The van der Waals surface area contributed by atoms with Crippen molar-refractivity contribution in [1.82, 2.24) is 4.98 Å². The maximum atomic E-state index is 12.2. The summed E-state index contributed by atoms with van der Waals surface area (Å²) in [5.41, 5.74) is 1.14. The molecule has 108 valence electrons. The van der Waals surface area contributed by atoms with Gasteiger partial charge >= 0.3 is 0 Å². The smallest absolute Gasteiger partial charge is 0.266 e. The number of nitrogens with one attached hydrogen (secondary N) is 1.